The Balaban J connectivity index is 1.96. The van der Waals surface area contributed by atoms with Gasteiger partial charge < -0.3 is 5.32 Å². The van der Waals surface area contributed by atoms with Crippen molar-refractivity contribution in [3.63, 3.8) is 0 Å². The predicted octanol–water partition coefficient (Wildman–Crippen LogP) is 2.79. The molecule has 1 heterocycles. The van der Waals surface area contributed by atoms with Gasteiger partial charge in [0.05, 0.1) is 6.42 Å². The van der Waals surface area contributed by atoms with Gasteiger partial charge in [0, 0.05) is 31.2 Å². The van der Waals surface area contributed by atoms with E-state index in [1.165, 1.54) is 12.8 Å². The quantitative estimate of drug-likeness (QED) is 0.840. The van der Waals surface area contributed by atoms with E-state index in [9.17, 15) is 13.2 Å². The smallest absolute Gasteiger partial charge is 0.311 e. The van der Waals surface area contributed by atoms with Crippen LogP contribution in [-0.2, 0) is 0 Å². The maximum atomic E-state index is 12.5. The molecule has 0 aromatic heterocycles. The largest absolute Gasteiger partial charge is 0.390 e. The molecule has 1 N–H and O–H groups in total. The molecule has 18 heavy (non-hydrogen) atoms. The summed E-state index contributed by atoms with van der Waals surface area (Å²) in [5.41, 5.74) is 0. The molecule has 5 heteroatoms. The number of piperazine rings is 1. The van der Waals surface area contributed by atoms with Gasteiger partial charge in [0.1, 0.15) is 0 Å². The van der Waals surface area contributed by atoms with Crippen LogP contribution in [0.1, 0.15) is 39.5 Å². The van der Waals surface area contributed by atoms with E-state index >= 15 is 0 Å². The first-order chi connectivity index (χ1) is 8.40. The Morgan fingerprint density at radius 2 is 2.00 bits per heavy atom. The van der Waals surface area contributed by atoms with Crippen LogP contribution in [0.2, 0.25) is 0 Å². The molecule has 2 aliphatic rings. The maximum Gasteiger partial charge on any atom is 0.390 e. The average molecular weight is 264 g/mol. The predicted molar refractivity (Wildman–Crippen MR) is 65.4 cm³/mol. The third kappa shape index (κ3) is 3.60. The molecule has 106 valence electrons. The van der Waals surface area contributed by atoms with Gasteiger partial charge in [-0.1, -0.05) is 6.92 Å². The van der Waals surface area contributed by atoms with Crippen molar-refractivity contribution in [2.75, 3.05) is 13.1 Å². The minimum absolute atomic E-state index is 0.248. The Kier molecular flexibility index (Phi) is 4.22. The second-order valence-corrected chi connectivity index (χ2v) is 5.78. The van der Waals surface area contributed by atoms with Crippen LogP contribution >= 0.6 is 0 Å². The molecular weight excluding hydrogens is 241 g/mol. The topological polar surface area (TPSA) is 15.3 Å². The number of halogens is 3. The maximum absolute atomic E-state index is 12.5. The van der Waals surface area contributed by atoms with Gasteiger partial charge in [-0.05, 0) is 32.1 Å². The van der Waals surface area contributed by atoms with E-state index in [4.69, 9.17) is 0 Å². The number of rotatable bonds is 4. The molecule has 2 rings (SSSR count). The molecule has 0 spiro atoms. The van der Waals surface area contributed by atoms with Crippen molar-refractivity contribution in [2.45, 2.75) is 63.8 Å². The lowest BCUT2D eigenvalue weighted by atomic mass is 10.0. The fourth-order valence-corrected chi connectivity index (χ4v) is 3.03. The molecule has 0 radical (unpaired) electrons. The van der Waals surface area contributed by atoms with Crippen LogP contribution in [0.25, 0.3) is 0 Å². The zero-order valence-electron chi connectivity index (χ0n) is 11.1. The SMILES string of the molecule is CCC1CNC(C2CC2)CN1C(C)CC(F)(F)F. The van der Waals surface area contributed by atoms with Crippen LogP contribution in [-0.4, -0.2) is 42.3 Å². The van der Waals surface area contributed by atoms with E-state index in [2.05, 4.69) is 17.1 Å². The summed E-state index contributed by atoms with van der Waals surface area (Å²) in [6.07, 6.45) is -1.38. The van der Waals surface area contributed by atoms with E-state index in [-0.39, 0.29) is 6.04 Å². The van der Waals surface area contributed by atoms with Gasteiger partial charge in [-0.3, -0.25) is 4.90 Å². The van der Waals surface area contributed by atoms with E-state index in [1.807, 2.05) is 0 Å². The minimum atomic E-state index is -4.06. The van der Waals surface area contributed by atoms with Crippen molar-refractivity contribution < 1.29 is 13.2 Å². The first-order valence-electron chi connectivity index (χ1n) is 6.96. The number of nitrogens with zero attached hydrogens (tertiary/aromatic N) is 1. The van der Waals surface area contributed by atoms with Gasteiger partial charge >= 0.3 is 6.18 Å². The van der Waals surface area contributed by atoms with Crippen molar-refractivity contribution in [1.82, 2.24) is 10.2 Å². The molecule has 3 atom stereocenters. The van der Waals surface area contributed by atoms with Gasteiger partial charge in [0.25, 0.3) is 0 Å². The molecular formula is C13H23F3N2. The van der Waals surface area contributed by atoms with Gasteiger partial charge in [-0.2, -0.15) is 13.2 Å². The Bertz CT molecular complexity index is 276. The fraction of sp³-hybridized carbons (Fsp3) is 1.00. The Morgan fingerprint density at radius 3 is 2.50 bits per heavy atom. The zero-order chi connectivity index (χ0) is 13.3. The average Bonchev–Trinajstić information content (AvgIpc) is 3.09. The standard InChI is InChI=1S/C13H23F3N2/c1-3-11-7-17-12(10-4-5-10)8-18(11)9(2)6-13(14,15)16/h9-12,17H,3-8H2,1-2H3. The molecule has 3 unspecified atom stereocenters. The lowest BCUT2D eigenvalue weighted by molar-refractivity contribution is -0.149. The minimum Gasteiger partial charge on any atom is -0.311 e. The Hall–Kier alpha value is -0.290. The highest BCUT2D eigenvalue weighted by atomic mass is 19.4. The Morgan fingerprint density at radius 1 is 1.33 bits per heavy atom. The van der Waals surface area contributed by atoms with Crippen LogP contribution < -0.4 is 5.32 Å². The Labute approximate surface area is 107 Å². The number of hydrogen-bond acceptors (Lipinski definition) is 2. The van der Waals surface area contributed by atoms with E-state index in [1.54, 1.807) is 6.92 Å². The third-order valence-corrected chi connectivity index (χ3v) is 4.25. The van der Waals surface area contributed by atoms with Gasteiger partial charge in [-0.15, -0.1) is 0 Å². The highest BCUT2D eigenvalue weighted by molar-refractivity contribution is 4.95. The summed E-state index contributed by atoms with van der Waals surface area (Å²) in [4.78, 5) is 2.08. The number of hydrogen-bond donors (Lipinski definition) is 1. The molecule has 1 aliphatic carbocycles. The van der Waals surface area contributed by atoms with Crippen molar-refractivity contribution in [1.29, 1.82) is 0 Å². The van der Waals surface area contributed by atoms with Crippen LogP contribution in [0.5, 0.6) is 0 Å². The molecule has 1 aliphatic heterocycles. The number of alkyl halides is 3. The first kappa shape index (κ1) is 14.1. The molecule has 2 fully saturated rings. The fourth-order valence-electron chi connectivity index (χ4n) is 3.03. The normalized spacial score (nSPS) is 32.5. The van der Waals surface area contributed by atoms with Crippen molar-refractivity contribution >= 4 is 0 Å². The van der Waals surface area contributed by atoms with Gasteiger partial charge in [-0.25, -0.2) is 0 Å². The van der Waals surface area contributed by atoms with Crippen LogP contribution in [0.15, 0.2) is 0 Å². The summed E-state index contributed by atoms with van der Waals surface area (Å²) in [5, 5.41) is 3.51. The summed E-state index contributed by atoms with van der Waals surface area (Å²) in [6.45, 7) is 5.38. The van der Waals surface area contributed by atoms with E-state index < -0.39 is 18.6 Å². The summed E-state index contributed by atoms with van der Waals surface area (Å²) < 4.78 is 37.6. The highest BCUT2D eigenvalue weighted by Crippen LogP contribution is 2.35. The summed E-state index contributed by atoms with van der Waals surface area (Å²) in [7, 11) is 0. The molecule has 0 bridgehead atoms. The molecule has 0 aromatic rings. The molecule has 1 saturated carbocycles. The molecule has 0 aromatic carbocycles. The lowest BCUT2D eigenvalue weighted by Crippen LogP contribution is -2.59. The lowest BCUT2D eigenvalue weighted by Gasteiger charge is -2.44. The molecule has 2 nitrogen and oxygen atoms in total. The second-order valence-electron chi connectivity index (χ2n) is 5.78. The van der Waals surface area contributed by atoms with Gasteiger partial charge in [0.15, 0.2) is 0 Å². The highest BCUT2D eigenvalue weighted by Gasteiger charge is 2.40. The third-order valence-electron chi connectivity index (χ3n) is 4.25. The summed E-state index contributed by atoms with van der Waals surface area (Å²) >= 11 is 0. The van der Waals surface area contributed by atoms with Crippen LogP contribution in [0.3, 0.4) is 0 Å². The first-order valence-corrected chi connectivity index (χ1v) is 6.96. The number of nitrogens with one attached hydrogen (secondary N) is 1. The monoisotopic (exact) mass is 264 g/mol. The van der Waals surface area contributed by atoms with Crippen LogP contribution in [0.4, 0.5) is 13.2 Å². The van der Waals surface area contributed by atoms with E-state index in [0.29, 0.717) is 12.0 Å². The molecule has 0 amide bonds. The zero-order valence-corrected chi connectivity index (χ0v) is 11.1. The van der Waals surface area contributed by atoms with E-state index in [0.717, 1.165) is 19.5 Å². The second kappa shape index (κ2) is 5.37. The molecule has 1 saturated heterocycles. The van der Waals surface area contributed by atoms with Crippen molar-refractivity contribution in [2.24, 2.45) is 5.92 Å². The van der Waals surface area contributed by atoms with Gasteiger partial charge in [0.2, 0.25) is 0 Å². The van der Waals surface area contributed by atoms with Crippen molar-refractivity contribution in [3.8, 4) is 0 Å². The summed E-state index contributed by atoms with van der Waals surface area (Å²) in [6, 6.07) is 0.249. The summed E-state index contributed by atoms with van der Waals surface area (Å²) in [5.74, 6) is 0.698. The van der Waals surface area contributed by atoms with Crippen molar-refractivity contribution in [3.05, 3.63) is 0 Å². The van der Waals surface area contributed by atoms with Crippen LogP contribution in [0, 0.1) is 5.92 Å².